The van der Waals surface area contributed by atoms with Crippen LogP contribution in [0.15, 0.2) is 77.6 Å². The summed E-state index contributed by atoms with van der Waals surface area (Å²) >= 11 is 0. The number of aromatic nitrogens is 1. The van der Waals surface area contributed by atoms with Crippen LogP contribution in [0.25, 0.3) is 21.7 Å². The van der Waals surface area contributed by atoms with Crippen molar-refractivity contribution in [3.63, 3.8) is 0 Å². The van der Waals surface area contributed by atoms with Crippen molar-refractivity contribution in [2.45, 2.75) is 12.7 Å². The number of hydrogen-bond acceptors (Lipinski definition) is 1. The third kappa shape index (κ3) is 2.75. The molecule has 26 heavy (non-hydrogen) atoms. The Hall–Kier alpha value is -3.08. The number of alkyl halides is 3. The van der Waals surface area contributed by atoms with E-state index in [1.54, 1.807) is 0 Å². The highest BCUT2D eigenvalue weighted by molar-refractivity contribution is 6.05. The summed E-state index contributed by atoms with van der Waals surface area (Å²) in [4.78, 5) is 13.0. The molecular weight excluding hydrogens is 339 g/mol. The lowest BCUT2D eigenvalue weighted by Gasteiger charge is -2.14. The molecule has 1 heterocycles. The van der Waals surface area contributed by atoms with E-state index >= 15 is 0 Å². The van der Waals surface area contributed by atoms with Gasteiger partial charge in [-0.25, -0.2) is 0 Å². The Kier molecular flexibility index (Phi) is 3.80. The molecule has 5 heteroatoms. The Balaban J connectivity index is 2.05. The van der Waals surface area contributed by atoms with Gasteiger partial charge in [0.1, 0.15) is 0 Å². The van der Waals surface area contributed by atoms with Gasteiger partial charge in [0.15, 0.2) is 0 Å². The first-order valence-corrected chi connectivity index (χ1v) is 8.11. The van der Waals surface area contributed by atoms with Gasteiger partial charge in [-0.05, 0) is 29.1 Å². The third-order valence-corrected chi connectivity index (χ3v) is 4.49. The Labute approximate surface area is 147 Å². The molecule has 0 aliphatic heterocycles. The van der Waals surface area contributed by atoms with Gasteiger partial charge in [0.2, 0.25) is 0 Å². The zero-order valence-electron chi connectivity index (χ0n) is 13.6. The summed E-state index contributed by atoms with van der Waals surface area (Å²) in [6.45, 7) is 0.298. The molecule has 0 N–H and O–H groups in total. The predicted molar refractivity (Wildman–Crippen MR) is 96.3 cm³/mol. The Morgan fingerprint density at radius 2 is 1.46 bits per heavy atom. The number of fused-ring (bicyclic) bond motifs is 3. The van der Waals surface area contributed by atoms with E-state index in [9.17, 15) is 18.0 Å². The molecule has 4 rings (SSSR count). The summed E-state index contributed by atoms with van der Waals surface area (Å²) in [7, 11) is 0. The van der Waals surface area contributed by atoms with Crippen LogP contribution in [0.5, 0.6) is 0 Å². The normalized spacial score (nSPS) is 12.0. The summed E-state index contributed by atoms with van der Waals surface area (Å²) in [5.41, 5.74) is 0.372. The second-order valence-electron chi connectivity index (χ2n) is 6.15. The van der Waals surface area contributed by atoms with E-state index in [1.165, 1.54) is 10.6 Å². The molecule has 0 radical (unpaired) electrons. The van der Waals surface area contributed by atoms with Crippen LogP contribution in [0.1, 0.15) is 11.1 Å². The van der Waals surface area contributed by atoms with E-state index in [-0.39, 0.29) is 5.39 Å². The van der Waals surface area contributed by atoms with Crippen LogP contribution in [0, 0.1) is 0 Å². The smallest absolute Gasteiger partial charge is 0.303 e. The van der Waals surface area contributed by atoms with Crippen LogP contribution < -0.4 is 5.56 Å². The summed E-state index contributed by atoms with van der Waals surface area (Å²) in [5.74, 6) is 0. The predicted octanol–water partition coefficient (Wildman–Crippen LogP) is 5.22. The van der Waals surface area contributed by atoms with Crippen LogP contribution in [0.2, 0.25) is 0 Å². The summed E-state index contributed by atoms with van der Waals surface area (Å²) in [6, 6.07) is 20.0. The molecule has 4 aromatic rings. The minimum atomic E-state index is -4.49. The summed E-state index contributed by atoms with van der Waals surface area (Å²) in [5, 5.41) is 1.36. The minimum Gasteiger partial charge on any atom is -0.303 e. The minimum absolute atomic E-state index is 0.0782. The maximum atomic E-state index is 13.1. The van der Waals surface area contributed by atoms with Crippen molar-refractivity contribution in [2.24, 2.45) is 0 Å². The fraction of sp³-hybridized carbons (Fsp3) is 0.0952. The monoisotopic (exact) mass is 353 g/mol. The quantitative estimate of drug-likeness (QED) is 0.453. The number of hydrogen-bond donors (Lipinski definition) is 0. The Bertz CT molecular complexity index is 1160. The van der Waals surface area contributed by atoms with Gasteiger partial charge in [0, 0.05) is 10.8 Å². The molecule has 0 unspecified atom stereocenters. The first-order valence-electron chi connectivity index (χ1n) is 8.11. The van der Waals surface area contributed by atoms with E-state index in [1.807, 2.05) is 54.6 Å². The van der Waals surface area contributed by atoms with Gasteiger partial charge < -0.3 is 4.57 Å². The number of halogens is 3. The average molecular weight is 353 g/mol. The number of benzene rings is 3. The lowest BCUT2D eigenvalue weighted by atomic mass is 10.0. The largest absolute Gasteiger partial charge is 0.416 e. The summed E-state index contributed by atoms with van der Waals surface area (Å²) < 4.78 is 40.8. The molecule has 0 bridgehead atoms. The van der Waals surface area contributed by atoms with Gasteiger partial charge in [0.05, 0.1) is 17.6 Å². The topological polar surface area (TPSA) is 22.0 Å². The molecule has 130 valence electrons. The zero-order valence-corrected chi connectivity index (χ0v) is 13.6. The molecule has 0 atom stereocenters. The number of nitrogens with zero attached hydrogens (tertiary/aromatic N) is 1. The molecular formula is C21H14F3NO. The number of para-hydroxylation sites is 1. The first-order chi connectivity index (χ1) is 12.4. The van der Waals surface area contributed by atoms with E-state index in [0.717, 1.165) is 23.1 Å². The van der Waals surface area contributed by atoms with Crippen molar-refractivity contribution in [3.05, 3.63) is 94.3 Å². The molecule has 0 fully saturated rings. The molecule has 1 aromatic heterocycles. The fourth-order valence-corrected chi connectivity index (χ4v) is 3.25. The van der Waals surface area contributed by atoms with Crippen LogP contribution in [-0.4, -0.2) is 4.57 Å². The maximum Gasteiger partial charge on any atom is 0.416 e. The van der Waals surface area contributed by atoms with Gasteiger partial charge >= 0.3 is 6.18 Å². The molecule has 2 nitrogen and oxygen atoms in total. The van der Waals surface area contributed by atoms with Gasteiger partial charge in [-0.15, -0.1) is 0 Å². The van der Waals surface area contributed by atoms with Crippen LogP contribution in [-0.2, 0) is 12.7 Å². The lowest BCUT2D eigenvalue weighted by molar-refractivity contribution is -0.137. The maximum absolute atomic E-state index is 13.1. The van der Waals surface area contributed by atoms with E-state index < -0.39 is 17.3 Å². The van der Waals surface area contributed by atoms with Crippen molar-refractivity contribution in [2.75, 3.05) is 0 Å². The van der Waals surface area contributed by atoms with E-state index in [4.69, 9.17) is 0 Å². The van der Waals surface area contributed by atoms with E-state index in [0.29, 0.717) is 17.4 Å². The van der Waals surface area contributed by atoms with Crippen LogP contribution >= 0.6 is 0 Å². The van der Waals surface area contributed by atoms with E-state index in [2.05, 4.69) is 0 Å². The standard InChI is InChI=1S/C21H14F3NO/c22-21(23,24)15-10-11-16-17-8-4-5-9-19(17)25(20(26)18(16)12-15)13-14-6-2-1-3-7-14/h1-12H,13H2. The first kappa shape index (κ1) is 16.4. The van der Waals surface area contributed by atoms with Crippen molar-refractivity contribution < 1.29 is 13.2 Å². The SMILES string of the molecule is O=c1c2cc(C(F)(F)F)ccc2c2ccccc2n1Cc1ccccc1. The molecule has 0 spiro atoms. The highest BCUT2D eigenvalue weighted by Gasteiger charge is 2.31. The number of rotatable bonds is 2. The second-order valence-corrected chi connectivity index (χ2v) is 6.15. The lowest BCUT2D eigenvalue weighted by Crippen LogP contribution is -2.22. The van der Waals surface area contributed by atoms with Crippen molar-refractivity contribution in [1.82, 2.24) is 4.57 Å². The van der Waals surface area contributed by atoms with Gasteiger partial charge in [0.25, 0.3) is 5.56 Å². The van der Waals surface area contributed by atoms with Gasteiger partial charge in [-0.2, -0.15) is 13.2 Å². The zero-order chi connectivity index (χ0) is 18.3. The third-order valence-electron chi connectivity index (χ3n) is 4.49. The molecule has 3 aromatic carbocycles. The number of pyridine rings is 1. The van der Waals surface area contributed by atoms with Crippen molar-refractivity contribution in [1.29, 1.82) is 0 Å². The van der Waals surface area contributed by atoms with Crippen LogP contribution in [0.3, 0.4) is 0 Å². The highest BCUT2D eigenvalue weighted by Crippen LogP contribution is 2.32. The molecule has 0 saturated carbocycles. The molecule has 0 amide bonds. The van der Waals surface area contributed by atoms with Crippen LogP contribution in [0.4, 0.5) is 13.2 Å². The highest BCUT2D eigenvalue weighted by atomic mass is 19.4. The average Bonchev–Trinajstić information content (AvgIpc) is 2.65. The van der Waals surface area contributed by atoms with Gasteiger partial charge in [-0.3, -0.25) is 4.79 Å². The molecule has 0 aliphatic carbocycles. The van der Waals surface area contributed by atoms with Gasteiger partial charge in [-0.1, -0.05) is 54.6 Å². The summed E-state index contributed by atoms with van der Waals surface area (Å²) in [6.07, 6.45) is -4.49. The van der Waals surface area contributed by atoms with Crippen molar-refractivity contribution in [3.8, 4) is 0 Å². The Morgan fingerprint density at radius 1 is 0.769 bits per heavy atom. The molecule has 0 saturated heterocycles. The fourth-order valence-electron chi connectivity index (χ4n) is 3.25. The second kappa shape index (κ2) is 6.02. The van der Waals surface area contributed by atoms with Crippen molar-refractivity contribution >= 4 is 21.7 Å². The molecule has 0 aliphatic rings. The Morgan fingerprint density at radius 3 is 2.19 bits per heavy atom.